The van der Waals surface area contributed by atoms with Gasteiger partial charge in [0, 0.05) is 17.9 Å². The zero-order valence-corrected chi connectivity index (χ0v) is 9.34. The van der Waals surface area contributed by atoms with Crippen molar-refractivity contribution in [3.05, 3.63) is 42.0 Å². The molecule has 0 heterocycles. The first kappa shape index (κ1) is 11.1. The number of hydrogen-bond donors (Lipinski definition) is 2. The molecule has 86 valence electrons. The maximum atomic E-state index is 10.6. The summed E-state index contributed by atoms with van der Waals surface area (Å²) in [7, 11) is 0. The van der Waals surface area contributed by atoms with Gasteiger partial charge in [0.1, 0.15) is 5.75 Å². The van der Waals surface area contributed by atoms with E-state index in [0.29, 0.717) is 5.56 Å². The minimum Gasteiger partial charge on any atom is -0.507 e. The van der Waals surface area contributed by atoms with E-state index in [2.05, 4.69) is 10.5 Å². The summed E-state index contributed by atoms with van der Waals surface area (Å²) in [5.74, 6) is -0.0845. The predicted octanol–water partition coefficient (Wildman–Crippen LogP) is 2.02. The molecule has 17 heavy (non-hydrogen) atoms. The molecule has 2 rings (SSSR count). The summed E-state index contributed by atoms with van der Waals surface area (Å²) in [5, 5.41) is 15.5. The van der Waals surface area contributed by atoms with Gasteiger partial charge in [0.25, 0.3) is 0 Å². The van der Waals surface area contributed by atoms with Crippen molar-refractivity contribution in [1.82, 2.24) is 5.43 Å². The van der Waals surface area contributed by atoms with Gasteiger partial charge in [-0.2, -0.15) is 5.10 Å². The second kappa shape index (κ2) is 4.65. The minimum atomic E-state index is -0.249. The molecule has 0 aromatic heterocycles. The second-order valence-electron chi connectivity index (χ2n) is 3.65. The summed E-state index contributed by atoms with van der Waals surface area (Å²) in [6.45, 7) is 1.37. The lowest BCUT2D eigenvalue weighted by molar-refractivity contribution is -0.118. The van der Waals surface area contributed by atoms with Crippen LogP contribution in [0.3, 0.4) is 0 Å². The number of amides is 1. The van der Waals surface area contributed by atoms with E-state index in [1.54, 1.807) is 6.07 Å². The molecule has 0 atom stereocenters. The summed E-state index contributed by atoms with van der Waals surface area (Å²) in [5.41, 5.74) is 2.86. The van der Waals surface area contributed by atoms with E-state index < -0.39 is 0 Å². The Kier molecular flexibility index (Phi) is 3.05. The number of aromatic hydroxyl groups is 1. The third kappa shape index (κ3) is 2.42. The largest absolute Gasteiger partial charge is 0.507 e. The monoisotopic (exact) mass is 228 g/mol. The standard InChI is InChI=1S/C13H12N2O2/c1-9(16)15-14-8-11-7-6-10-4-2-3-5-12(10)13(11)17/h2-8,17H,1H3,(H,15,16). The fraction of sp³-hybridized carbons (Fsp3) is 0.0769. The Morgan fingerprint density at radius 2 is 2.06 bits per heavy atom. The highest BCUT2D eigenvalue weighted by molar-refractivity contribution is 5.97. The molecular formula is C13H12N2O2. The summed E-state index contributed by atoms with van der Waals surface area (Å²) < 4.78 is 0. The van der Waals surface area contributed by atoms with Crippen molar-refractivity contribution in [2.45, 2.75) is 6.92 Å². The fourth-order valence-electron chi connectivity index (χ4n) is 1.57. The lowest BCUT2D eigenvalue weighted by Crippen LogP contribution is -2.12. The zero-order chi connectivity index (χ0) is 12.3. The number of fused-ring (bicyclic) bond motifs is 1. The van der Waals surface area contributed by atoms with Crippen LogP contribution in [0.1, 0.15) is 12.5 Å². The Bertz CT molecular complexity index is 591. The molecule has 0 aliphatic carbocycles. The molecule has 0 bridgehead atoms. The van der Waals surface area contributed by atoms with Gasteiger partial charge in [0.2, 0.25) is 5.91 Å². The maximum Gasteiger partial charge on any atom is 0.236 e. The van der Waals surface area contributed by atoms with E-state index in [0.717, 1.165) is 10.8 Å². The number of carbonyl (C=O) groups is 1. The quantitative estimate of drug-likeness (QED) is 0.610. The van der Waals surface area contributed by atoms with Crippen LogP contribution in [-0.2, 0) is 4.79 Å². The molecule has 0 aliphatic heterocycles. The molecule has 4 heteroatoms. The summed E-state index contributed by atoms with van der Waals surface area (Å²) in [6.07, 6.45) is 1.42. The van der Waals surface area contributed by atoms with Crippen LogP contribution in [-0.4, -0.2) is 17.2 Å². The van der Waals surface area contributed by atoms with Crippen LogP contribution in [0.5, 0.6) is 5.75 Å². The average Bonchev–Trinajstić information content (AvgIpc) is 2.32. The molecule has 2 aromatic rings. The molecule has 2 aromatic carbocycles. The highest BCUT2D eigenvalue weighted by atomic mass is 16.3. The average molecular weight is 228 g/mol. The Hall–Kier alpha value is -2.36. The van der Waals surface area contributed by atoms with Crippen LogP contribution < -0.4 is 5.43 Å². The number of nitrogens with zero attached hydrogens (tertiary/aromatic N) is 1. The third-order valence-corrected chi connectivity index (χ3v) is 2.36. The fourth-order valence-corrected chi connectivity index (χ4v) is 1.57. The third-order valence-electron chi connectivity index (χ3n) is 2.36. The maximum absolute atomic E-state index is 10.6. The van der Waals surface area contributed by atoms with Crippen LogP contribution in [0.2, 0.25) is 0 Å². The van der Waals surface area contributed by atoms with Gasteiger partial charge in [-0.3, -0.25) is 4.79 Å². The number of rotatable bonds is 2. The van der Waals surface area contributed by atoms with Crippen molar-refractivity contribution in [1.29, 1.82) is 0 Å². The van der Waals surface area contributed by atoms with Gasteiger partial charge in [0.15, 0.2) is 0 Å². The predicted molar refractivity (Wildman–Crippen MR) is 67.0 cm³/mol. The molecule has 1 amide bonds. The van der Waals surface area contributed by atoms with Crippen molar-refractivity contribution in [3.63, 3.8) is 0 Å². The number of hydrogen-bond acceptors (Lipinski definition) is 3. The van der Waals surface area contributed by atoms with Crippen LogP contribution in [0.15, 0.2) is 41.5 Å². The molecule has 0 aliphatic rings. The van der Waals surface area contributed by atoms with Gasteiger partial charge < -0.3 is 5.11 Å². The first-order valence-corrected chi connectivity index (χ1v) is 5.19. The van der Waals surface area contributed by atoms with E-state index >= 15 is 0 Å². The summed E-state index contributed by atoms with van der Waals surface area (Å²) in [4.78, 5) is 10.6. The van der Waals surface area contributed by atoms with E-state index in [4.69, 9.17) is 0 Å². The first-order valence-electron chi connectivity index (χ1n) is 5.19. The molecule has 0 spiro atoms. The van der Waals surface area contributed by atoms with Crippen LogP contribution >= 0.6 is 0 Å². The Labute approximate surface area is 98.6 Å². The van der Waals surface area contributed by atoms with Crippen LogP contribution in [0.25, 0.3) is 10.8 Å². The van der Waals surface area contributed by atoms with Crippen molar-refractivity contribution in [2.24, 2.45) is 5.10 Å². The Morgan fingerprint density at radius 1 is 1.29 bits per heavy atom. The van der Waals surface area contributed by atoms with Crippen molar-refractivity contribution in [3.8, 4) is 5.75 Å². The van der Waals surface area contributed by atoms with Crippen molar-refractivity contribution < 1.29 is 9.90 Å². The smallest absolute Gasteiger partial charge is 0.236 e. The summed E-state index contributed by atoms with van der Waals surface area (Å²) in [6, 6.07) is 11.2. The highest BCUT2D eigenvalue weighted by Crippen LogP contribution is 2.27. The van der Waals surface area contributed by atoms with Crippen molar-refractivity contribution in [2.75, 3.05) is 0 Å². The number of nitrogens with one attached hydrogen (secondary N) is 1. The molecule has 0 saturated heterocycles. The van der Waals surface area contributed by atoms with Gasteiger partial charge in [0.05, 0.1) is 6.21 Å². The number of phenolic OH excluding ortho intramolecular Hbond substituents is 1. The van der Waals surface area contributed by atoms with Gasteiger partial charge in [-0.25, -0.2) is 5.43 Å². The Morgan fingerprint density at radius 3 is 2.82 bits per heavy atom. The molecule has 0 fully saturated rings. The minimum absolute atomic E-state index is 0.164. The van der Waals surface area contributed by atoms with Gasteiger partial charge >= 0.3 is 0 Å². The van der Waals surface area contributed by atoms with E-state index in [9.17, 15) is 9.90 Å². The first-order chi connectivity index (χ1) is 8.18. The molecule has 0 unspecified atom stereocenters. The number of benzene rings is 2. The SMILES string of the molecule is CC(=O)NN=Cc1ccc2ccccc2c1O. The molecule has 0 radical (unpaired) electrons. The van der Waals surface area contributed by atoms with Crippen molar-refractivity contribution >= 4 is 22.9 Å². The topological polar surface area (TPSA) is 61.7 Å². The highest BCUT2D eigenvalue weighted by Gasteiger charge is 2.03. The molecule has 4 nitrogen and oxygen atoms in total. The van der Waals surface area contributed by atoms with Gasteiger partial charge in [-0.1, -0.05) is 30.3 Å². The van der Waals surface area contributed by atoms with E-state index in [1.165, 1.54) is 13.1 Å². The second-order valence-corrected chi connectivity index (χ2v) is 3.65. The van der Waals surface area contributed by atoms with Gasteiger partial charge in [-0.15, -0.1) is 0 Å². The van der Waals surface area contributed by atoms with Gasteiger partial charge in [-0.05, 0) is 11.5 Å². The van der Waals surface area contributed by atoms with E-state index in [1.807, 2.05) is 30.3 Å². The normalized spacial score (nSPS) is 10.9. The zero-order valence-electron chi connectivity index (χ0n) is 9.34. The lowest BCUT2D eigenvalue weighted by atomic mass is 10.1. The molecule has 2 N–H and O–H groups in total. The number of hydrazone groups is 1. The van der Waals surface area contributed by atoms with Crippen LogP contribution in [0, 0.1) is 0 Å². The molecular weight excluding hydrogens is 216 g/mol. The lowest BCUT2D eigenvalue weighted by Gasteiger charge is -2.03. The molecule has 0 saturated carbocycles. The Balaban J connectivity index is 2.39. The number of phenols is 1. The number of carbonyl (C=O) groups excluding carboxylic acids is 1. The van der Waals surface area contributed by atoms with E-state index in [-0.39, 0.29) is 11.7 Å². The summed E-state index contributed by atoms with van der Waals surface area (Å²) >= 11 is 0. The van der Waals surface area contributed by atoms with Crippen LogP contribution in [0.4, 0.5) is 0 Å².